The van der Waals surface area contributed by atoms with Gasteiger partial charge in [-0.05, 0) is 25.1 Å². The maximum atomic E-state index is 12.2. The zero-order valence-electron chi connectivity index (χ0n) is 10.8. The van der Waals surface area contributed by atoms with Gasteiger partial charge in [-0.25, -0.2) is 22.9 Å². The third-order valence-electron chi connectivity index (χ3n) is 2.66. The molecule has 0 spiro atoms. The summed E-state index contributed by atoms with van der Waals surface area (Å²) in [7, 11) is -3.92. The first kappa shape index (κ1) is 15.4. The number of aromatic hydroxyl groups is 1. The van der Waals surface area contributed by atoms with E-state index in [0.29, 0.717) is 5.01 Å². The average Bonchev–Trinajstić information content (AvgIpc) is 2.92. The van der Waals surface area contributed by atoms with Crippen molar-refractivity contribution in [2.24, 2.45) is 0 Å². The first-order chi connectivity index (χ1) is 9.81. The highest BCUT2D eigenvalue weighted by molar-refractivity contribution is 7.89. The summed E-state index contributed by atoms with van der Waals surface area (Å²) < 4.78 is 26.8. The molecule has 0 bridgehead atoms. The van der Waals surface area contributed by atoms with Crippen LogP contribution < -0.4 is 4.72 Å². The molecule has 1 heterocycles. The van der Waals surface area contributed by atoms with E-state index in [4.69, 9.17) is 5.11 Å². The number of carbonyl (C=O) groups is 1. The smallest absolute Gasteiger partial charge is 0.339 e. The lowest BCUT2D eigenvalue weighted by atomic mass is 10.2. The number of hydrogen-bond donors (Lipinski definition) is 3. The summed E-state index contributed by atoms with van der Waals surface area (Å²) >= 11 is 1.31. The van der Waals surface area contributed by atoms with Crippen LogP contribution >= 0.6 is 11.3 Å². The highest BCUT2D eigenvalue weighted by atomic mass is 32.2. The third kappa shape index (κ3) is 3.38. The minimum Gasteiger partial charge on any atom is -0.507 e. The number of aromatic carboxylic acids is 1. The van der Waals surface area contributed by atoms with Crippen LogP contribution in [0.5, 0.6) is 5.75 Å². The Bertz CT molecular complexity index is 756. The molecule has 3 N–H and O–H groups in total. The van der Waals surface area contributed by atoms with Crippen molar-refractivity contribution >= 4 is 27.3 Å². The maximum absolute atomic E-state index is 12.2. The van der Waals surface area contributed by atoms with Gasteiger partial charge in [0.1, 0.15) is 16.3 Å². The van der Waals surface area contributed by atoms with E-state index in [1.165, 1.54) is 11.3 Å². The van der Waals surface area contributed by atoms with Gasteiger partial charge in [0.25, 0.3) is 0 Å². The molecule has 0 fully saturated rings. The molecule has 112 valence electrons. The summed E-state index contributed by atoms with van der Waals surface area (Å²) in [6.45, 7) is 1.63. The van der Waals surface area contributed by atoms with Crippen LogP contribution in [0, 0.1) is 0 Å². The van der Waals surface area contributed by atoms with Crippen molar-refractivity contribution < 1.29 is 23.4 Å². The van der Waals surface area contributed by atoms with Crippen molar-refractivity contribution in [3.63, 3.8) is 0 Å². The summed E-state index contributed by atoms with van der Waals surface area (Å²) in [5.41, 5.74) is -0.472. The zero-order chi connectivity index (χ0) is 15.6. The molecular weight excluding hydrogens is 316 g/mol. The fourth-order valence-electron chi connectivity index (χ4n) is 1.65. The lowest BCUT2D eigenvalue weighted by molar-refractivity contribution is 0.0693. The fourth-order valence-corrected chi connectivity index (χ4v) is 3.61. The van der Waals surface area contributed by atoms with E-state index in [2.05, 4.69) is 9.71 Å². The van der Waals surface area contributed by atoms with Crippen LogP contribution in [0.15, 0.2) is 34.7 Å². The molecule has 0 saturated carbocycles. The molecular formula is C12H12N2O5S2. The molecule has 1 unspecified atom stereocenters. The van der Waals surface area contributed by atoms with Crippen LogP contribution in [-0.2, 0) is 10.0 Å². The van der Waals surface area contributed by atoms with Crippen LogP contribution in [0.4, 0.5) is 0 Å². The number of carboxylic acid groups (broad SMARTS) is 1. The average molecular weight is 328 g/mol. The standard InChI is InChI=1S/C12H12N2O5S2/c1-7(11-13-4-5-20-11)14-21(18,19)8-2-3-10(15)9(6-8)12(16)17/h2-7,14-15H,1H3,(H,16,17). The molecule has 2 aromatic rings. The van der Waals surface area contributed by atoms with Gasteiger partial charge in [0.05, 0.1) is 10.9 Å². The van der Waals surface area contributed by atoms with Crippen LogP contribution in [0.25, 0.3) is 0 Å². The second-order valence-corrected chi connectivity index (χ2v) is 6.84. The number of nitrogens with zero attached hydrogens (tertiary/aromatic N) is 1. The van der Waals surface area contributed by atoms with E-state index in [1.807, 2.05) is 0 Å². The summed E-state index contributed by atoms with van der Waals surface area (Å²) in [5, 5.41) is 20.6. The summed E-state index contributed by atoms with van der Waals surface area (Å²) in [5.74, 6) is -1.90. The van der Waals surface area contributed by atoms with Gasteiger partial charge in [0.2, 0.25) is 10.0 Å². The summed E-state index contributed by atoms with van der Waals surface area (Å²) in [6, 6.07) is 2.54. The number of hydrogen-bond acceptors (Lipinski definition) is 6. The Morgan fingerprint density at radius 1 is 1.43 bits per heavy atom. The number of nitrogens with one attached hydrogen (secondary N) is 1. The largest absolute Gasteiger partial charge is 0.507 e. The highest BCUT2D eigenvalue weighted by Gasteiger charge is 2.22. The summed E-state index contributed by atoms with van der Waals surface area (Å²) in [6.07, 6.45) is 1.56. The molecule has 21 heavy (non-hydrogen) atoms. The van der Waals surface area contributed by atoms with E-state index >= 15 is 0 Å². The van der Waals surface area contributed by atoms with Gasteiger partial charge in [-0.2, -0.15) is 0 Å². The maximum Gasteiger partial charge on any atom is 0.339 e. The molecule has 1 aromatic heterocycles. The molecule has 0 aliphatic rings. The highest BCUT2D eigenvalue weighted by Crippen LogP contribution is 2.23. The Morgan fingerprint density at radius 2 is 2.14 bits per heavy atom. The Kier molecular flexibility index (Phi) is 4.26. The quantitative estimate of drug-likeness (QED) is 0.767. The van der Waals surface area contributed by atoms with Crippen molar-refractivity contribution in [2.45, 2.75) is 17.9 Å². The molecule has 0 aliphatic heterocycles. The van der Waals surface area contributed by atoms with Gasteiger partial charge in [0.15, 0.2) is 0 Å². The van der Waals surface area contributed by atoms with E-state index in [-0.39, 0.29) is 4.90 Å². The van der Waals surface area contributed by atoms with Gasteiger partial charge >= 0.3 is 5.97 Å². The molecule has 1 aromatic carbocycles. The van der Waals surface area contributed by atoms with E-state index < -0.39 is 33.3 Å². The van der Waals surface area contributed by atoms with Crippen molar-refractivity contribution in [3.8, 4) is 5.75 Å². The first-order valence-corrected chi connectivity index (χ1v) is 8.15. The van der Waals surface area contributed by atoms with Crippen molar-refractivity contribution in [2.75, 3.05) is 0 Å². The molecule has 0 saturated heterocycles. The van der Waals surface area contributed by atoms with Gasteiger partial charge in [-0.15, -0.1) is 11.3 Å². The van der Waals surface area contributed by atoms with Crippen LogP contribution in [0.2, 0.25) is 0 Å². The first-order valence-electron chi connectivity index (χ1n) is 5.79. The molecule has 2 rings (SSSR count). The number of thiazole rings is 1. The number of sulfonamides is 1. The second-order valence-electron chi connectivity index (χ2n) is 4.20. The van der Waals surface area contributed by atoms with Gasteiger partial charge < -0.3 is 10.2 Å². The predicted molar refractivity (Wildman–Crippen MR) is 75.9 cm³/mol. The molecule has 1 atom stereocenters. The van der Waals surface area contributed by atoms with Crippen LogP contribution in [0.3, 0.4) is 0 Å². The number of phenols is 1. The predicted octanol–water partition coefficient (Wildman–Crippen LogP) is 1.59. The fraction of sp³-hybridized carbons (Fsp3) is 0.167. The Hall–Kier alpha value is -1.97. The topological polar surface area (TPSA) is 117 Å². The van der Waals surface area contributed by atoms with Crippen molar-refractivity contribution in [1.82, 2.24) is 9.71 Å². The van der Waals surface area contributed by atoms with E-state index in [0.717, 1.165) is 18.2 Å². The molecule has 0 aliphatic carbocycles. The van der Waals surface area contributed by atoms with Gasteiger partial charge in [-0.3, -0.25) is 0 Å². The SMILES string of the molecule is CC(NS(=O)(=O)c1ccc(O)c(C(=O)O)c1)c1nccs1. The van der Waals surface area contributed by atoms with Crippen molar-refractivity contribution in [3.05, 3.63) is 40.3 Å². The second kappa shape index (κ2) is 5.80. The molecule has 7 nitrogen and oxygen atoms in total. The van der Waals surface area contributed by atoms with E-state index in [1.54, 1.807) is 18.5 Å². The monoisotopic (exact) mass is 328 g/mol. The minimum atomic E-state index is -3.92. The van der Waals surface area contributed by atoms with E-state index in [9.17, 15) is 18.3 Å². The van der Waals surface area contributed by atoms with Crippen molar-refractivity contribution in [1.29, 1.82) is 0 Å². The number of rotatable bonds is 5. The zero-order valence-corrected chi connectivity index (χ0v) is 12.5. The number of carboxylic acids is 1. The lowest BCUT2D eigenvalue weighted by Gasteiger charge is -2.12. The third-order valence-corrected chi connectivity index (χ3v) is 5.16. The van der Waals surface area contributed by atoms with Gasteiger partial charge in [-0.1, -0.05) is 0 Å². The molecule has 0 amide bonds. The summed E-state index contributed by atoms with van der Waals surface area (Å²) in [4.78, 5) is 14.7. The Morgan fingerprint density at radius 3 is 2.71 bits per heavy atom. The minimum absolute atomic E-state index is 0.235. The Balaban J connectivity index is 2.32. The lowest BCUT2D eigenvalue weighted by Crippen LogP contribution is -2.27. The number of benzene rings is 1. The molecule has 0 radical (unpaired) electrons. The van der Waals surface area contributed by atoms with Gasteiger partial charge in [0, 0.05) is 11.6 Å². The Labute approximate surface area is 125 Å². The normalized spacial score (nSPS) is 13.0. The number of aromatic nitrogens is 1. The van der Waals surface area contributed by atoms with Crippen LogP contribution in [0.1, 0.15) is 28.3 Å². The van der Waals surface area contributed by atoms with Crippen LogP contribution in [-0.4, -0.2) is 29.6 Å². The molecule has 9 heteroatoms.